The zero-order valence-electron chi connectivity index (χ0n) is 9.32. The van der Waals surface area contributed by atoms with Crippen molar-refractivity contribution in [2.75, 3.05) is 18.6 Å². The van der Waals surface area contributed by atoms with Crippen LogP contribution in [0.3, 0.4) is 0 Å². The molecule has 0 aliphatic heterocycles. The molecule has 0 N–H and O–H groups in total. The van der Waals surface area contributed by atoms with Gasteiger partial charge in [0.2, 0.25) is 0 Å². The molecule has 0 radical (unpaired) electrons. The second-order valence-electron chi connectivity index (χ2n) is 3.41. The van der Waals surface area contributed by atoms with Crippen molar-refractivity contribution < 1.29 is 31.1 Å². The van der Waals surface area contributed by atoms with Crippen molar-refractivity contribution in [1.29, 1.82) is 0 Å². The monoisotopic (exact) mass is 337 g/mol. The first-order valence-electron chi connectivity index (χ1n) is 4.59. The number of rotatable bonds is 4. The Kier molecular flexibility index (Phi) is 4.80. The third-order valence-electron chi connectivity index (χ3n) is 1.74. The molecule has 11 heteroatoms. The van der Waals surface area contributed by atoms with Crippen molar-refractivity contribution in [3.63, 3.8) is 0 Å². The molecular weight excluding hydrogens is 331 g/mol. The molecule has 0 spiro atoms. The number of thiazole rings is 1. The molecule has 0 atom stereocenters. The van der Waals surface area contributed by atoms with Crippen LogP contribution in [0.25, 0.3) is 0 Å². The Morgan fingerprint density at radius 2 is 2.05 bits per heavy atom. The SMILES string of the molecule is CS(=O)(=O)CCOC(=O)c1sc(Cl)nc1C(F)(F)F. The Bertz CT molecular complexity index is 581. The Labute approximate surface area is 115 Å². The van der Waals surface area contributed by atoms with Crippen LogP contribution in [0.4, 0.5) is 13.2 Å². The second kappa shape index (κ2) is 5.63. The van der Waals surface area contributed by atoms with Gasteiger partial charge in [0.15, 0.2) is 20.0 Å². The summed E-state index contributed by atoms with van der Waals surface area (Å²) in [5, 5.41) is 0. The van der Waals surface area contributed by atoms with E-state index in [0.29, 0.717) is 11.3 Å². The quantitative estimate of drug-likeness (QED) is 0.786. The third-order valence-corrected chi connectivity index (χ3v) is 3.79. The van der Waals surface area contributed by atoms with Crippen LogP contribution in [0.15, 0.2) is 0 Å². The first-order valence-corrected chi connectivity index (χ1v) is 7.84. The maximum atomic E-state index is 12.5. The first-order chi connectivity index (χ1) is 8.50. The number of carbonyl (C=O) groups is 1. The van der Waals surface area contributed by atoms with Gasteiger partial charge in [-0.25, -0.2) is 18.2 Å². The van der Waals surface area contributed by atoms with Crippen LogP contribution in [0.5, 0.6) is 0 Å². The Morgan fingerprint density at radius 3 is 2.53 bits per heavy atom. The summed E-state index contributed by atoms with van der Waals surface area (Å²) < 4.78 is 63.1. The van der Waals surface area contributed by atoms with Crippen LogP contribution in [-0.2, 0) is 20.8 Å². The van der Waals surface area contributed by atoms with E-state index < -0.39 is 49.4 Å². The van der Waals surface area contributed by atoms with Gasteiger partial charge in [0.25, 0.3) is 0 Å². The topological polar surface area (TPSA) is 73.3 Å². The molecule has 0 fully saturated rings. The zero-order chi connectivity index (χ0) is 14.8. The highest BCUT2D eigenvalue weighted by Gasteiger charge is 2.40. The first kappa shape index (κ1) is 16.2. The van der Waals surface area contributed by atoms with Gasteiger partial charge in [0.05, 0.1) is 5.75 Å². The molecule has 5 nitrogen and oxygen atoms in total. The van der Waals surface area contributed by atoms with Gasteiger partial charge in [-0.15, -0.1) is 0 Å². The van der Waals surface area contributed by atoms with Crippen molar-refractivity contribution in [3.8, 4) is 0 Å². The van der Waals surface area contributed by atoms with Gasteiger partial charge in [-0.05, 0) is 0 Å². The number of ether oxygens (including phenoxy) is 1. The average Bonchev–Trinajstić information content (AvgIpc) is 2.57. The number of halogens is 4. The fourth-order valence-corrected chi connectivity index (χ4v) is 2.38. The number of nitrogens with zero attached hydrogens (tertiary/aromatic N) is 1. The van der Waals surface area contributed by atoms with Crippen molar-refractivity contribution in [2.45, 2.75) is 6.18 Å². The van der Waals surface area contributed by atoms with Gasteiger partial charge >= 0.3 is 12.1 Å². The molecule has 0 unspecified atom stereocenters. The smallest absolute Gasteiger partial charge is 0.435 e. The van der Waals surface area contributed by atoms with E-state index in [4.69, 9.17) is 11.6 Å². The van der Waals surface area contributed by atoms with Gasteiger partial charge in [-0.2, -0.15) is 13.2 Å². The predicted molar refractivity (Wildman–Crippen MR) is 62.1 cm³/mol. The molecule has 19 heavy (non-hydrogen) atoms. The van der Waals surface area contributed by atoms with Crippen molar-refractivity contribution >= 4 is 38.7 Å². The molecule has 108 valence electrons. The highest BCUT2D eigenvalue weighted by Crippen LogP contribution is 2.36. The second-order valence-corrected chi connectivity index (χ2v) is 7.25. The van der Waals surface area contributed by atoms with Gasteiger partial charge < -0.3 is 4.74 Å². The van der Waals surface area contributed by atoms with Gasteiger partial charge in [-0.3, -0.25) is 0 Å². The number of hydrogen-bond acceptors (Lipinski definition) is 6. The Hall–Kier alpha value is -0.870. The highest BCUT2D eigenvalue weighted by molar-refractivity contribution is 7.90. The minimum absolute atomic E-state index is 0.318. The lowest BCUT2D eigenvalue weighted by molar-refractivity contribution is -0.141. The van der Waals surface area contributed by atoms with E-state index in [-0.39, 0.29) is 0 Å². The minimum Gasteiger partial charge on any atom is -0.460 e. The van der Waals surface area contributed by atoms with Crippen LogP contribution in [0, 0.1) is 0 Å². The van der Waals surface area contributed by atoms with Crippen LogP contribution in [0.1, 0.15) is 15.4 Å². The predicted octanol–water partition coefficient (Wildman–Crippen LogP) is 2.02. The lowest BCUT2D eigenvalue weighted by Gasteiger charge is -2.06. The van der Waals surface area contributed by atoms with E-state index in [1.807, 2.05) is 0 Å². The standard InChI is InChI=1S/C8H7ClF3NO4S2/c1-19(15,16)3-2-17-6(14)4-5(8(10,11)12)13-7(9)18-4/h2-3H2,1H3. The van der Waals surface area contributed by atoms with Crippen molar-refractivity contribution in [3.05, 3.63) is 15.0 Å². The summed E-state index contributed by atoms with van der Waals surface area (Å²) in [6, 6.07) is 0. The number of sulfone groups is 1. The molecule has 0 bridgehead atoms. The van der Waals surface area contributed by atoms with E-state index in [0.717, 1.165) is 6.26 Å². The fourth-order valence-electron chi connectivity index (χ4n) is 0.976. The maximum absolute atomic E-state index is 12.5. The number of carbonyl (C=O) groups excluding carboxylic acids is 1. The van der Waals surface area contributed by atoms with Gasteiger partial charge in [-0.1, -0.05) is 22.9 Å². The Balaban J connectivity index is 2.83. The van der Waals surface area contributed by atoms with Crippen LogP contribution >= 0.6 is 22.9 Å². The van der Waals surface area contributed by atoms with Crippen LogP contribution < -0.4 is 0 Å². The third kappa shape index (κ3) is 4.96. The largest absolute Gasteiger partial charge is 0.460 e. The molecule has 0 aliphatic carbocycles. The Morgan fingerprint density at radius 1 is 1.47 bits per heavy atom. The number of aromatic nitrogens is 1. The summed E-state index contributed by atoms with van der Waals surface area (Å²) in [5.74, 6) is -1.78. The summed E-state index contributed by atoms with van der Waals surface area (Å²) >= 11 is 5.64. The molecule has 1 heterocycles. The molecule has 0 aromatic carbocycles. The molecule has 0 aliphatic rings. The van der Waals surface area contributed by atoms with E-state index in [1.165, 1.54) is 0 Å². The van der Waals surface area contributed by atoms with Crippen LogP contribution in [-0.4, -0.2) is 38.0 Å². The van der Waals surface area contributed by atoms with Crippen molar-refractivity contribution in [2.24, 2.45) is 0 Å². The molecule has 0 amide bonds. The lowest BCUT2D eigenvalue weighted by Crippen LogP contribution is -2.17. The molecule has 1 aromatic rings. The molecular formula is C8H7ClF3NO4S2. The van der Waals surface area contributed by atoms with E-state index >= 15 is 0 Å². The normalized spacial score (nSPS) is 12.5. The van der Waals surface area contributed by atoms with E-state index in [2.05, 4.69) is 9.72 Å². The number of hydrogen-bond donors (Lipinski definition) is 0. The summed E-state index contributed by atoms with van der Waals surface area (Å²) in [6.45, 7) is -0.537. The summed E-state index contributed by atoms with van der Waals surface area (Å²) in [5.41, 5.74) is -1.44. The van der Waals surface area contributed by atoms with E-state index in [9.17, 15) is 26.4 Å². The zero-order valence-corrected chi connectivity index (χ0v) is 11.7. The number of alkyl halides is 3. The van der Waals surface area contributed by atoms with Gasteiger partial charge in [0.1, 0.15) is 11.5 Å². The summed E-state index contributed by atoms with van der Waals surface area (Å²) in [7, 11) is -3.37. The van der Waals surface area contributed by atoms with Gasteiger partial charge in [0, 0.05) is 6.26 Å². The fraction of sp³-hybridized carbons (Fsp3) is 0.500. The van der Waals surface area contributed by atoms with Crippen LogP contribution in [0.2, 0.25) is 4.47 Å². The highest BCUT2D eigenvalue weighted by atomic mass is 35.5. The summed E-state index contributed by atoms with van der Waals surface area (Å²) in [6.07, 6.45) is -3.93. The summed E-state index contributed by atoms with van der Waals surface area (Å²) in [4.78, 5) is 13.6. The molecule has 1 aromatic heterocycles. The van der Waals surface area contributed by atoms with Crippen molar-refractivity contribution in [1.82, 2.24) is 4.98 Å². The average molecular weight is 338 g/mol. The minimum atomic E-state index is -4.84. The molecule has 0 saturated carbocycles. The lowest BCUT2D eigenvalue weighted by atomic mass is 10.3. The maximum Gasteiger partial charge on any atom is 0.435 e. The number of esters is 1. The van der Waals surface area contributed by atoms with E-state index in [1.54, 1.807) is 0 Å². The molecule has 1 rings (SSSR count). The molecule has 0 saturated heterocycles.